The molecule has 1 aromatic carbocycles. The minimum atomic E-state index is -1.11. The zero-order valence-electron chi connectivity index (χ0n) is 18.3. The number of carboxylic acid groups (broad SMARTS) is 1. The maximum atomic E-state index is 12.0. The summed E-state index contributed by atoms with van der Waals surface area (Å²) in [5.41, 5.74) is 2.08. The van der Waals surface area contributed by atoms with Crippen molar-refractivity contribution < 1.29 is 24.1 Å². The van der Waals surface area contributed by atoms with Crippen molar-refractivity contribution in [1.82, 2.24) is 24.8 Å². The lowest BCUT2D eigenvalue weighted by molar-refractivity contribution is 0.0632. The third kappa shape index (κ3) is 4.81. The fraction of sp³-hybridized carbons (Fsp3) is 0.273. The number of nitrogens with one attached hydrogen (secondary N) is 1. The molecule has 170 valence electrons. The summed E-state index contributed by atoms with van der Waals surface area (Å²) in [5, 5.41) is 19.8. The van der Waals surface area contributed by atoms with Crippen LogP contribution in [0, 0.1) is 0 Å². The van der Waals surface area contributed by atoms with Crippen molar-refractivity contribution >= 4 is 28.9 Å². The lowest BCUT2D eigenvalue weighted by atomic mass is 10.1. The number of imidazole rings is 1. The summed E-state index contributed by atoms with van der Waals surface area (Å²) < 4.78 is 11.7. The van der Waals surface area contributed by atoms with E-state index in [-0.39, 0.29) is 11.4 Å². The Bertz CT molecular complexity index is 1310. The fourth-order valence-electron chi connectivity index (χ4n) is 3.31. The van der Waals surface area contributed by atoms with Gasteiger partial charge in [0.25, 0.3) is 0 Å². The highest BCUT2D eigenvalue weighted by Crippen LogP contribution is 2.28. The summed E-state index contributed by atoms with van der Waals surface area (Å²) in [6.07, 6.45) is 2.50. The van der Waals surface area contributed by atoms with Crippen molar-refractivity contribution in [2.24, 2.45) is 0 Å². The van der Waals surface area contributed by atoms with Crippen molar-refractivity contribution in [3.8, 4) is 11.3 Å². The van der Waals surface area contributed by atoms with Gasteiger partial charge in [-0.15, -0.1) is 0 Å². The first-order valence-corrected chi connectivity index (χ1v) is 10.2. The number of amides is 1. The summed E-state index contributed by atoms with van der Waals surface area (Å²) in [7, 11) is 0. The van der Waals surface area contributed by atoms with Gasteiger partial charge in [-0.1, -0.05) is 35.5 Å². The second kappa shape index (κ2) is 8.69. The van der Waals surface area contributed by atoms with Crippen LogP contribution in [0.15, 0.2) is 47.5 Å². The first-order chi connectivity index (χ1) is 15.7. The Morgan fingerprint density at radius 1 is 1.15 bits per heavy atom. The molecule has 33 heavy (non-hydrogen) atoms. The molecule has 0 radical (unpaired) electrons. The first kappa shape index (κ1) is 21.9. The summed E-state index contributed by atoms with van der Waals surface area (Å²) in [4.78, 5) is 32.7. The maximum Gasteiger partial charge on any atom is 0.413 e. The Hall–Kier alpha value is -4.28. The number of carbonyl (C=O) groups is 2. The fourth-order valence-corrected chi connectivity index (χ4v) is 3.31. The Morgan fingerprint density at radius 2 is 1.91 bits per heavy atom. The number of nitrogens with zero attached hydrogens (tertiary/aromatic N) is 5. The van der Waals surface area contributed by atoms with Gasteiger partial charge in [-0.2, -0.15) is 0 Å². The molecule has 0 saturated carbocycles. The highest BCUT2D eigenvalue weighted by Gasteiger charge is 2.22. The molecule has 2 N–H and O–H groups in total. The van der Waals surface area contributed by atoms with Crippen LogP contribution in [0.5, 0.6) is 0 Å². The molecular formula is C22H22N6O5. The minimum absolute atomic E-state index is 0.0348. The number of anilines is 1. The van der Waals surface area contributed by atoms with Crippen LogP contribution in [0.4, 0.5) is 10.6 Å². The number of hydrogen-bond acceptors (Lipinski definition) is 8. The van der Waals surface area contributed by atoms with Crippen molar-refractivity contribution in [3.05, 3.63) is 54.1 Å². The van der Waals surface area contributed by atoms with Gasteiger partial charge in [0.05, 0.1) is 17.5 Å². The summed E-state index contributed by atoms with van der Waals surface area (Å²) >= 11 is 0. The minimum Gasteiger partial charge on any atom is -0.478 e. The van der Waals surface area contributed by atoms with Gasteiger partial charge in [-0.05, 0) is 25.9 Å². The van der Waals surface area contributed by atoms with E-state index in [9.17, 15) is 14.7 Å². The Balaban J connectivity index is 1.62. The molecule has 0 saturated heterocycles. The molecule has 0 fully saturated rings. The number of rotatable bonds is 6. The largest absolute Gasteiger partial charge is 0.478 e. The van der Waals surface area contributed by atoms with E-state index in [1.807, 2.05) is 30.3 Å². The van der Waals surface area contributed by atoms with E-state index in [2.05, 4.69) is 25.6 Å². The van der Waals surface area contributed by atoms with Crippen molar-refractivity contribution in [1.29, 1.82) is 0 Å². The lowest BCUT2D eigenvalue weighted by Gasteiger charge is -2.19. The number of hydrogen-bond donors (Lipinski definition) is 2. The third-order valence-electron chi connectivity index (χ3n) is 4.68. The smallest absolute Gasteiger partial charge is 0.413 e. The molecule has 0 aliphatic carbocycles. The quantitative estimate of drug-likeness (QED) is 0.448. The molecule has 0 unspecified atom stereocenters. The zero-order valence-corrected chi connectivity index (χ0v) is 18.3. The molecule has 0 aliphatic heterocycles. The Kier molecular flexibility index (Phi) is 5.78. The van der Waals surface area contributed by atoms with E-state index in [0.717, 1.165) is 5.56 Å². The van der Waals surface area contributed by atoms with E-state index in [1.54, 1.807) is 31.7 Å². The average Bonchev–Trinajstić information content (AvgIpc) is 3.37. The van der Waals surface area contributed by atoms with Gasteiger partial charge in [-0.3, -0.25) is 10.3 Å². The highest BCUT2D eigenvalue weighted by atomic mass is 16.6. The maximum absolute atomic E-state index is 12.0. The zero-order chi connectivity index (χ0) is 23.6. The molecule has 1 amide bonds. The number of aromatic carboxylic acids is 1. The van der Waals surface area contributed by atoms with Crippen LogP contribution >= 0.6 is 0 Å². The number of carbonyl (C=O) groups excluding carboxylic acids is 1. The second-order valence-electron chi connectivity index (χ2n) is 8.26. The van der Waals surface area contributed by atoms with Crippen molar-refractivity contribution in [3.63, 3.8) is 0 Å². The number of aromatic nitrogens is 5. The van der Waals surface area contributed by atoms with Gasteiger partial charge in [0.2, 0.25) is 5.82 Å². The summed E-state index contributed by atoms with van der Waals surface area (Å²) in [6, 6.07) is 9.41. The van der Waals surface area contributed by atoms with Gasteiger partial charge in [-0.25, -0.2) is 19.2 Å². The van der Waals surface area contributed by atoms with Gasteiger partial charge in [0.1, 0.15) is 22.4 Å². The molecule has 3 heterocycles. The van der Waals surface area contributed by atoms with Gasteiger partial charge >= 0.3 is 12.1 Å². The van der Waals surface area contributed by atoms with E-state index in [4.69, 9.17) is 9.37 Å². The lowest BCUT2D eigenvalue weighted by Crippen LogP contribution is -2.27. The molecular weight excluding hydrogens is 428 g/mol. The SMILES string of the molecule is CC(C)(C)OC(=O)Nc1nonc1CCn1cnc2c(-c3ccccc3)ncc(C(=O)O)c21. The van der Waals surface area contributed by atoms with Crippen molar-refractivity contribution in [2.75, 3.05) is 5.32 Å². The van der Waals surface area contributed by atoms with Crippen LogP contribution < -0.4 is 5.32 Å². The standard InChI is InChI=1S/C22H22N6O5/c1-22(2,3)32-21(31)25-19-15(26-33-27-19)9-10-28-12-24-17-16(13-7-5-4-6-8-13)23-11-14(18(17)28)20(29)30/h4-8,11-12H,9-10H2,1-3H3,(H,29,30)(H,25,27,31). The van der Waals surface area contributed by atoms with Crippen LogP contribution in [0.1, 0.15) is 36.8 Å². The van der Waals surface area contributed by atoms with Gasteiger partial charge in [0.15, 0.2) is 0 Å². The average molecular weight is 450 g/mol. The molecule has 0 aliphatic rings. The van der Waals surface area contributed by atoms with E-state index >= 15 is 0 Å². The highest BCUT2D eigenvalue weighted by molar-refractivity contribution is 6.04. The molecule has 0 atom stereocenters. The Morgan fingerprint density at radius 3 is 2.61 bits per heavy atom. The number of pyridine rings is 1. The predicted molar refractivity (Wildman–Crippen MR) is 118 cm³/mol. The molecule has 3 aromatic heterocycles. The molecule has 4 aromatic rings. The number of carboxylic acids is 1. The molecule has 11 nitrogen and oxygen atoms in total. The Labute approximate surface area is 188 Å². The molecule has 11 heteroatoms. The van der Waals surface area contributed by atoms with Gasteiger partial charge in [0, 0.05) is 24.7 Å². The van der Waals surface area contributed by atoms with Crippen molar-refractivity contribution in [2.45, 2.75) is 39.3 Å². The predicted octanol–water partition coefficient (Wildman–Crippen LogP) is 3.77. The summed E-state index contributed by atoms with van der Waals surface area (Å²) in [6.45, 7) is 5.55. The normalized spacial score (nSPS) is 11.5. The molecule has 0 spiro atoms. The number of ether oxygens (including phenoxy) is 1. The van der Waals surface area contributed by atoms with Gasteiger partial charge < -0.3 is 14.4 Å². The van der Waals surface area contributed by atoms with Crippen LogP contribution in [-0.2, 0) is 17.7 Å². The molecule has 0 bridgehead atoms. The van der Waals surface area contributed by atoms with E-state index < -0.39 is 17.7 Å². The third-order valence-corrected chi connectivity index (χ3v) is 4.68. The molecule has 4 rings (SSSR count). The monoisotopic (exact) mass is 450 g/mol. The van der Waals surface area contributed by atoms with Crippen LogP contribution in [-0.4, -0.2) is 47.6 Å². The topological polar surface area (TPSA) is 145 Å². The van der Waals surface area contributed by atoms with E-state index in [0.29, 0.717) is 35.4 Å². The summed E-state index contributed by atoms with van der Waals surface area (Å²) in [5.74, 6) is -0.969. The first-order valence-electron chi connectivity index (χ1n) is 10.2. The number of fused-ring (bicyclic) bond motifs is 1. The number of aryl methyl sites for hydroxylation is 2. The van der Waals surface area contributed by atoms with E-state index in [1.165, 1.54) is 6.20 Å². The second-order valence-corrected chi connectivity index (χ2v) is 8.26. The van der Waals surface area contributed by atoms with Crippen LogP contribution in [0.2, 0.25) is 0 Å². The number of benzene rings is 1. The van der Waals surface area contributed by atoms with Crippen LogP contribution in [0.25, 0.3) is 22.3 Å². The van der Waals surface area contributed by atoms with Crippen LogP contribution in [0.3, 0.4) is 0 Å².